The van der Waals surface area contributed by atoms with E-state index in [1.807, 2.05) is 17.0 Å². The van der Waals surface area contributed by atoms with Crippen molar-refractivity contribution in [3.63, 3.8) is 0 Å². The Morgan fingerprint density at radius 1 is 0.909 bits per heavy atom. The maximum absolute atomic E-state index is 13.9. The Bertz CT molecular complexity index is 869. The van der Waals surface area contributed by atoms with Gasteiger partial charge in [0.1, 0.15) is 0 Å². The van der Waals surface area contributed by atoms with Gasteiger partial charge in [-0.3, -0.25) is 14.5 Å². The molecule has 5 saturated carbocycles. The van der Waals surface area contributed by atoms with Gasteiger partial charge in [-0.15, -0.1) is 0 Å². The highest BCUT2D eigenvalue weighted by Crippen LogP contribution is 2.58. The van der Waals surface area contributed by atoms with Crippen LogP contribution in [0.4, 0.5) is 0 Å². The highest BCUT2D eigenvalue weighted by molar-refractivity contribution is 6.30. The van der Waals surface area contributed by atoms with Crippen molar-refractivity contribution in [3.05, 3.63) is 34.9 Å². The van der Waals surface area contributed by atoms with E-state index in [9.17, 15) is 9.59 Å². The summed E-state index contributed by atoms with van der Waals surface area (Å²) < 4.78 is 0. The second kappa shape index (κ2) is 8.57. The minimum atomic E-state index is 0.0369. The molecule has 1 aromatic carbocycles. The first-order valence-corrected chi connectivity index (χ1v) is 13.4. The van der Waals surface area contributed by atoms with Gasteiger partial charge in [-0.05, 0) is 86.8 Å². The van der Waals surface area contributed by atoms with E-state index in [1.165, 1.54) is 44.1 Å². The number of hydrogen-bond donors (Lipinski definition) is 0. The fraction of sp³-hybridized carbons (Fsp3) is 0.704. The molecule has 33 heavy (non-hydrogen) atoms. The first-order chi connectivity index (χ1) is 16.0. The van der Waals surface area contributed by atoms with Crippen molar-refractivity contribution in [2.75, 3.05) is 32.7 Å². The lowest BCUT2D eigenvalue weighted by Crippen LogP contribution is -2.62. The van der Waals surface area contributed by atoms with Crippen LogP contribution in [0.2, 0.25) is 5.02 Å². The van der Waals surface area contributed by atoms with E-state index in [-0.39, 0.29) is 17.4 Å². The molecule has 5 aliphatic carbocycles. The van der Waals surface area contributed by atoms with Crippen molar-refractivity contribution in [1.29, 1.82) is 0 Å². The van der Waals surface area contributed by atoms with Crippen LogP contribution in [0.3, 0.4) is 0 Å². The Labute approximate surface area is 202 Å². The molecule has 6 fully saturated rings. The fourth-order valence-corrected chi connectivity index (χ4v) is 7.81. The number of amides is 2. The minimum absolute atomic E-state index is 0.0369. The fourth-order valence-electron chi connectivity index (χ4n) is 7.68. The lowest BCUT2D eigenvalue weighted by molar-refractivity contribution is -0.154. The topological polar surface area (TPSA) is 43.9 Å². The number of piperazine rings is 1. The van der Waals surface area contributed by atoms with Crippen LogP contribution in [-0.2, 0) is 16.1 Å². The standard InChI is InChI=1S/C27H36ClN3O2/c28-24-5-1-19(2-6-24)17-31(27-14-20-11-21(15-27)13-22(12-20)16-27)25(32)18-29-7-9-30(10-8-29)26(33)23-3-4-23/h1-2,5-6,20-23H,3-4,7-18H2. The highest BCUT2D eigenvalue weighted by atomic mass is 35.5. The summed E-state index contributed by atoms with van der Waals surface area (Å²) >= 11 is 6.14. The van der Waals surface area contributed by atoms with Crippen LogP contribution in [0.1, 0.15) is 56.9 Å². The molecule has 6 heteroatoms. The average Bonchev–Trinajstić information content (AvgIpc) is 3.63. The molecule has 1 aromatic rings. The van der Waals surface area contributed by atoms with Crippen molar-refractivity contribution >= 4 is 23.4 Å². The third kappa shape index (κ3) is 4.43. The number of carbonyl (C=O) groups excluding carboxylic acids is 2. The lowest BCUT2D eigenvalue weighted by Gasteiger charge is -2.60. The zero-order chi connectivity index (χ0) is 22.6. The van der Waals surface area contributed by atoms with Gasteiger partial charge in [0.05, 0.1) is 6.54 Å². The van der Waals surface area contributed by atoms with Gasteiger partial charge in [0, 0.05) is 49.2 Å². The summed E-state index contributed by atoms with van der Waals surface area (Å²) in [7, 11) is 0. The molecule has 1 aliphatic heterocycles. The van der Waals surface area contributed by atoms with Crippen LogP contribution in [0.5, 0.6) is 0 Å². The largest absolute Gasteiger partial charge is 0.340 e. The molecule has 178 valence electrons. The average molecular weight is 470 g/mol. The summed E-state index contributed by atoms with van der Waals surface area (Å²) in [4.78, 5) is 32.9. The summed E-state index contributed by atoms with van der Waals surface area (Å²) in [6, 6.07) is 8.03. The molecule has 2 amide bonds. The molecule has 7 rings (SSSR count). The summed E-state index contributed by atoms with van der Waals surface area (Å²) in [5.74, 6) is 3.29. The first kappa shape index (κ1) is 21.9. The predicted molar refractivity (Wildman–Crippen MR) is 129 cm³/mol. The number of halogens is 1. The van der Waals surface area contributed by atoms with Crippen molar-refractivity contribution in [1.82, 2.24) is 14.7 Å². The smallest absolute Gasteiger partial charge is 0.237 e. The molecule has 4 bridgehead atoms. The number of benzene rings is 1. The molecular weight excluding hydrogens is 434 g/mol. The van der Waals surface area contributed by atoms with Crippen LogP contribution < -0.4 is 0 Å². The predicted octanol–water partition coefficient (Wildman–Crippen LogP) is 4.19. The van der Waals surface area contributed by atoms with Gasteiger partial charge in [-0.1, -0.05) is 23.7 Å². The Hall–Kier alpha value is -1.59. The molecule has 5 nitrogen and oxygen atoms in total. The van der Waals surface area contributed by atoms with Gasteiger partial charge in [-0.2, -0.15) is 0 Å². The third-order valence-electron chi connectivity index (χ3n) is 9.10. The van der Waals surface area contributed by atoms with Gasteiger partial charge < -0.3 is 9.80 Å². The van der Waals surface area contributed by atoms with E-state index in [2.05, 4.69) is 21.9 Å². The molecular formula is C27H36ClN3O2. The summed E-state index contributed by atoms with van der Waals surface area (Å²) in [6.07, 6.45) is 9.79. The maximum atomic E-state index is 13.9. The molecule has 0 radical (unpaired) electrons. The van der Waals surface area contributed by atoms with Crippen LogP contribution in [0, 0.1) is 23.7 Å². The molecule has 0 N–H and O–H groups in total. The Balaban J connectivity index is 1.17. The maximum Gasteiger partial charge on any atom is 0.237 e. The van der Waals surface area contributed by atoms with E-state index in [4.69, 9.17) is 11.6 Å². The van der Waals surface area contributed by atoms with E-state index < -0.39 is 0 Å². The SMILES string of the molecule is O=C(C1CC1)N1CCN(CC(=O)N(Cc2ccc(Cl)cc2)C23CC4CC(CC(C4)C2)C3)CC1. The van der Waals surface area contributed by atoms with E-state index in [1.54, 1.807) is 0 Å². The molecule has 1 heterocycles. The number of nitrogens with zero attached hydrogens (tertiary/aromatic N) is 3. The van der Waals surface area contributed by atoms with Gasteiger partial charge in [0.2, 0.25) is 11.8 Å². The van der Waals surface area contributed by atoms with Crippen LogP contribution in [-0.4, -0.2) is 64.8 Å². The van der Waals surface area contributed by atoms with Crippen molar-refractivity contribution in [2.24, 2.45) is 23.7 Å². The molecule has 0 spiro atoms. The van der Waals surface area contributed by atoms with Gasteiger partial charge in [0.15, 0.2) is 0 Å². The second-order valence-electron chi connectivity index (χ2n) is 11.6. The second-order valence-corrected chi connectivity index (χ2v) is 12.1. The molecule has 0 unspecified atom stereocenters. The van der Waals surface area contributed by atoms with Crippen molar-refractivity contribution in [3.8, 4) is 0 Å². The Morgan fingerprint density at radius 3 is 2.03 bits per heavy atom. The Morgan fingerprint density at radius 2 is 1.48 bits per heavy atom. The van der Waals surface area contributed by atoms with Gasteiger partial charge in [0.25, 0.3) is 0 Å². The zero-order valence-electron chi connectivity index (χ0n) is 19.6. The van der Waals surface area contributed by atoms with Crippen LogP contribution in [0.15, 0.2) is 24.3 Å². The zero-order valence-corrected chi connectivity index (χ0v) is 20.3. The molecule has 6 aliphatic rings. The van der Waals surface area contributed by atoms with E-state index >= 15 is 0 Å². The minimum Gasteiger partial charge on any atom is -0.340 e. The molecule has 0 aromatic heterocycles. The van der Waals surface area contributed by atoms with Crippen molar-refractivity contribution < 1.29 is 9.59 Å². The molecule has 0 atom stereocenters. The van der Waals surface area contributed by atoms with Crippen LogP contribution >= 0.6 is 11.6 Å². The Kier molecular flexibility index (Phi) is 5.69. The molecule has 1 saturated heterocycles. The van der Waals surface area contributed by atoms with Gasteiger partial charge >= 0.3 is 0 Å². The summed E-state index contributed by atoms with van der Waals surface area (Å²) in [5, 5.41) is 0.741. The number of carbonyl (C=O) groups is 2. The lowest BCUT2D eigenvalue weighted by atomic mass is 9.52. The highest BCUT2D eigenvalue weighted by Gasteiger charge is 2.54. The van der Waals surface area contributed by atoms with Crippen LogP contribution in [0.25, 0.3) is 0 Å². The summed E-state index contributed by atoms with van der Waals surface area (Å²) in [5.41, 5.74) is 1.21. The van der Waals surface area contributed by atoms with E-state index in [0.717, 1.165) is 61.8 Å². The van der Waals surface area contributed by atoms with Crippen molar-refractivity contribution in [2.45, 2.75) is 63.5 Å². The number of hydrogen-bond acceptors (Lipinski definition) is 3. The van der Waals surface area contributed by atoms with Gasteiger partial charge in [-0.25, -0.2) is 0 Å². The monoisotopic (exact) mass is 469 g/mol. The first-order valence-electron chi connectivity index (χ1n) is 13.0. The summed E-state index contributed by atoms with van der Waals surface area (Å²) in [6.45, 7) is 4.29. The normalized spacial score (nSPS) is 33.4. The number of rotatable bonds is 6. The quantitative estimate of drug-likeness (QED) is 0.627. The van der Waals surface area contributed by atoms with E-state index in [0.29, 0.717) is 19.0 Å². The third-order valence-corrected chi connectivity index (χ3v) is 9.35.